The third-order valence-corrected chi connectivity index (χ3v) is 3.25. The van der Waals surface area contributed by atoms with Crippen molar-refractivity contribution in [2.24, 2.45) is 0 Å². The van der Waals surface area contributed by atoms with Crippen molar-refractivity contribution in [2.75, 3.05) is 6.61 Å². The lowest BCUT2D eigenvalue weighted by atomic mass is 10.3. The van der Waals surface area contributed by atoms with Gasteiger partial charge in [0, 0.05) is 11.9 Å². The molecule has 0 spiro atoms. The second-order valence-corrected chi connectivity index (χ2v) is 4.94. The summed E-state index contributed by atoms with van der Waals surface area (Å²) in [5, 5.41) is 2.84. The van der Waals surface area contributed by atoms with Crippen LogP contribution in [0.5, 0.6) is 0 Å². The van der Waals surface area contributed by atoms with E-state index < -0.39 is 6.10 Å². The number of nitrogens with one attached hydrogen (secondary N) is 1. The van der Waals surface area contributed by atoms with E-state index in [-0.39, 0.29) is 5.91 Å². The number of carbonyl (C=O) groups is 1. The molecule has 112 valence electrons. The molecule has 0 fully saturated rings. The van der Waals surface area contributed by atoms with Crippen LogP contribution in [0.4, 0.5) is 0 Å². The van der Waals surface area contributed by atoms with E-state index in [1.54, 1.807) is 13.0 Å². The molecule has 0 saturated heterocycles. The zero-order valence-electron chi connectivity index (χ0n) is 12.5. The summed E-state index contributed by atoms with van der Waals surface area (Å²) in [7, 11) is 0. The summed E-state index contributed by atoms with van der Waals surface area (Å²) in [4.78, 5) is 16.4. The summed E-state index contributed by atoms with van der Waals surface area (Å²) < 4.78 is 7.41. The Morgan fingerprint density at radius 2 is 2.38 bits per heavy atom. The molecule has 5 heteroatoms. The number of amides is 1. The number of hydrogen-bond donors (Lipinski definition) is 1. The standard InChI is InChI=1S/C16H21N3O2/c1-4-5-9-21-13(3)16(20)17-10-14-11-19-12(2)7-6-8-15(19)18-14/h4,6-8,11,13H,1,5,9-10H2,2-3H3,(H,17,20)/t13-/m1/s1. The predicted molar refractivity (Wildman–Crippen MR) is 82.0 cm³/mol. The number of rotatable bonds is 7. The fourth-order valence-corrected chi connectivity index (χ4v) is 2.01. The fraction of sp³-hybridized carbons (Fsp3) is 0.375. The summed E-state index contributed by atoms with van der Waals surface area (Å²) in [5.74, 6) is -0.132. The number of fused-ring (bicyclic) bond motifs is 1. The van der Waals surface area contributed by atoms with Gasteiger partial charge >= 0.3 is 0 Å². The first-order chi connectivity index (χ1) is 10.1. The Morgan fingerprint density at radius 3 is 3.10 bits per heavy atom. The van der Waals surface area contributed by atoms with Gasteiger partial charge in [0.1, 0.15) is 11.8 Å². The molecule has 0 aliphatic carbocycles. The van der Waals surface area contributed by atoms with Crippen LogP contribution < -0.4 is 5.32 Å². The van der Waals surface area contributed by atoms with E-state index >= 15 is 0 Å². The Morgan fingerprint density at radius 1 is 1.57 bits per heavy atom. The lowest BCUT2D eigenvalue weighted by Gasteiger charge is -2.11. The van der Waals surface area contributed by atoms with Gasteiger partial charge in [-0.1, -0.05) is 12.1 Å². The molecule has 0 radical (unpaired) electrons. The molecule has 0 bridgehead atoms. The maximum Gasteiger partial charge on any atom is 0.249 e. The molecule has 0 aliphatic heterocycles. The molecule has 0 unspecified atom stereocenters. The van der Waals surface area contributed by atoms with E-state index in [9.17, 15) is 4.79 Å². The highest BCUT2D eigenvalue weighted by molar-refractivity contribution is 5.80. The van der Waals surface area contributed by atoms with Crippen LogP contribution in [0.2, 0.25) is 0 Å². The van der Waals surface area contributed by atoms with Crippen LogP contribution in [0.15, 0.2) is 37.1 Å². The molecule has 0 aliphatic rings. The molecule has 2 aromatic rings. The number of imidazole rings is 1. The maximum atomic E-state index is 11.9. The lowest BCUT2D eigenvalue weighted by molar-refractivity contribution is -0.131. The van der Waals surface area contributed by atoms with E-state index in [1.165, 1.54) is 0 Å². The predicted octanol–water partition coefficient (Wildman–Crippen LogP) is 2.24. The summed E-state index contributed by atoms with van der Waals surface area (Å²) in [6.07, 6.45) is 3.98. The summed E-state index contributed by atoms with van der Waals surface area (Å²) >= 11 is 0. The van der Waals surface area contributed by atoms with Gasteiger partial charge in [0.2, 0.25) is 5.91 Å². The van der Waals surface area contributed by atoms with Crippen molar-refractivity contribution in [2.45, 2.75) is 32.9 Å². The normalized spacial score (nSPS) is 12.3. The number of carbonyl (C=O) groups excluding carboxylic acids is 1. The van der Waals surface area contributed by atoms with Crippen LogP contribution in [0.25, 0.3) is 5.65 Å². The first kappa shape index (κ1) is 15.3. The average Bonchev–Trinajstić information content (AvgIpc) is 2.89. The van der Waals surface area contributed by atoms with Gasteiger partial charge in [0.15, 0.2) is 0 Å². The van der Waals surface area contributed by atoms with Gasteiger partial charge in [-0.05, 0) is 32.4 Å². The van der Waals surface area contributed by atoms with Crippen molar-refractivity contribution in [1.29, 1.82) is 0 Å². The molecule has 2 heterocycles. The summed E-state index contributed by atoms with van der Waals surface area (Å²) in [6.45, 7) is 8.28. The van der Waals surface area contributed by atoms with Crippen molar-refractivity contribution in [3.8, 4) is 0 Å². The quantitative estimate of drug-likeness (QED) is 0.627. The number of hydrogen-bond acceptors (Lipinski definition) is 3. The number of pyridine rings is 1. The van der Waals surface area contributed by atoms with Crippen molar-refractivity contribution in [3.63, 3.8) is 0 Å². The molecule has 1 N–H and O–H groups in total. The highest BCUT2D eigenvalue weighted by Gasteiger charge is 2.13. The monoisotopic (exact) mass is 287 g/mol. The van der Waals surface area contributed by atoms with Crippen LogP contribution in [-0.4, -0.2) is 28.0 Å². The summed E-state index contributed by atoms with van der Waals surface area (Å²) in [6, 6.07) is 5.93. The fourth-order valence-electron chi connectivity index (χ4n) is 2.01. The van der Waals surface area contributed by atoms with Gasteiger partial charge in [-0.25, -0.2) is 4.98 Å². The lowest BCUT2D eigenvalue weighted by Crippen LogP contribution is -2.34. The van der Waals surface area contributed by atoms with E-state index in [0.717, 1.165) is 23.5 Å². The van der Waals surface area contributed by atoms with Gasteiger partial charge in [-0.2, -0.15) is 0 Å². The van der Waals surface area contributed by atoms with Gasteiger partial charge in [0.05, 0.1) is 18.8 Å². The van der Waals surface area contributed by atoms with Crippen LogP contribution >= 0.6 is 0 Å². The third-order valence-electron chi connectivity index (χ3n) is 3.25. The Hall–Kier alpha value is -2.14. The molecule has 2 aromatic heterocycles. The van der Waals surface area contributed by atoms with Crippen molar-refractivity contribution in [1.82, 2.24) is 14.7 Å². The molecule has 1 amide bonds. The Bertz CT molecular complexity index is 633. The van der Waals surface area contributed by atoms with Gasteiger partial charge in [-0.3, -0.25) is 4.79 Å². The second-order valence-electron chi connectivity index (χ2n) is 4.94. The second kappa shape index (κ2) is 7.04. The largest absolute Gasteiger partial charge is 0.368 e. The van der Waals surface area contributed by atoms with Crippen molar-refractivity contribution >= 4 is 11.6 Å². The summed E-state index contributed by atoms with van der Waals surface area (Å²) in [5.41, 5.74) is 2.82. The minimum absolute atomic E-state index is 0.132. The number of aryl methyl sites for hydroxylation is 1. The minimum Gasteiger partial charge on any atom is -0.368 e. The van der Waals surface area contributed by atoms with Crippen LogP contribution in [0, 0.1) is 6.92 Å². The number of nitrogens with zero attached hydrogens (tertiary/aromatic N) is 2. The van der Waals surface area contributed by atoms with Gasteiger partial charge < -0.3 is 14.5 Å². The number of ether oxygens (including phenoxy) is 1. The topological polar surface area (TPSA) is 55.6 Å². The van der Waals surface area contributed by atoms with Crippen LogP contribution in [0.3, 0.4) is 0 Å². The Balaban J connectivity index is 1.90. The maximum absolute atomic E-state index is 11.9. The number of aromatic nitrogens is 2. The third kappa shape index (κ3) is 3.92. The molecular weight excluding hydrogens is 266 g/mol. The molecule has 21 heavy (non-hydrogen) atoms. The minimum atomic E-state index is -0.469. The Kier molecular flexibility index (Phi) is 5.11. The molecular formula is C16H21N3O2. The van der Waals surface area contributed by atoms with E-state index in [1.807, 2.05) is 35.7 Å². The average molecular weight is 287 g/mol. The van der Waals surface area contributed by atoms with Gasteiger partial charge in [-0.15, -0.1) is 6.58 Å². The van der Waals surface area contributed by atoms with Crippen LogP contribution in [-0.2, 0) is 16.1 Å². The zero-order chi connectivity index (χ0) is 15.2. The van der Waals surface area contributed by atoms with E-state index in [0.29, 0.717) is 13.2 Å². The highest BCUT2D eigenvalue weighted by atomic mass is 16.5. The first-order valence-electron chi connectivity index (χ1n) is 7.05. The molecule has 1 atom stereocenters. The van der Waals surface area contributed by atoms with Crippen molar-refractivity contribution < 1.29 is 9.53 Å². The van der Waals surface area contributed by atoms with E-state index in [4.69, 9.17) is 4.74 Å². The molecule has 0 aromatic carbocycles. The Labute approximate surface area is 124 Å². The molecule has 2 rings (SSSR count). The van der Waals surface area contributed by atoms with Crippen LogP contribution in [0.1, 0.15) is 24.7 Å². The van der Waals surface area contributed by atoms with Gasteiger partial charge in [0.25, 0.3) is 0 Å². The zero-order valence-corrected chi connectivity index (χ0v) is 12.5. The van der Waals surface area contributed by atoms with E-state index in [2.05, 4.69) is 16.9 Å². The smallest absolute Gasteiger partial charge is 0.249 e. The molecule has 0 saturated carbocycles. The molecule has 5 nitrogen and oxygen atoms in total. The first-order valence-corrected chi connectivity index (χ1v) is 7.05. The highest BCUT2D eigenvalue weighted by Crippen LogP contribution is 2.08. The SMILES string of the molecule is C=CCCO[C@H](C)C(=O)NCc1cn2c(C)cccc2n1. The van der Waals surface area contributed by atoms with Crippen molar-refractivity contribution in [3.05, 3.63) is 48.4 Å².